The van der Waals surface area contributed by atoms with E-state index in [1.165, 1.54) is 0 Å². The quantitative estimate of drug-likeness (QED) is 0.505. The van der Waals surface area contributed by atoms with Crippen LogP contribution in [0.3, 0.4) is 0 Å². The van der Waals surface area contributed by atoms with E-state index >= 15 is 0 Å². The molecule has 0 aliphatic heterocycles. The van der Waals surface area contributed by atoms with E-state index in [-0.39, 0.29) is 12.2 Å². The Hall–Kier alpha value is -0.123. The summed E-state index contributed by atoms with van der Waals surface area (Å²) in [7, 11) is -1.41. The van der Waals surface area contributed by atoms with Crippen molar-refractivity contribution in [3.8, 4) is 0 Å². The number of hydrogen-bond donors (Lipinski definition) is 1. The van der Waals surface area contributed by atoms with E-state index in [1.807, 2.05) is 12.2 Å². The third kappa shape index (κ3) is 3.18. The molecule has 1 rings (SSSR count). The van der Waals surface area contributed by atoms with Crippen molar-refractivity contribution in [3.05, 3.63) is 12.2 Å². The normalized spacial score (nSPS) is 31.3. The fourth-order valence-electron chi connectivity index (χ4n) is 1.19. The predicted octanol–water partition coefficient (Wildman–Crippen LogP) is 1.53. The average molecular weight is 172 g/mol. The van der Waals surface area contributed by atoms with Crippen LogP contribution in [0, 0.1) is 0 Å². The molecule has 0 saturated heterocycles. The Morgan fingerprint density at radius 2 is 2.00 bits per heavy atom. The van der Waals surface area contributed by atoms with E-state index in [9.17, 15) is 0 Å². The fraction of sp³-hybridized carbons (Fsp3) is 0.750. The molecule has 1 aliphatic rings. The van der Waals surface area contributed by atoms with Crippen LogP contribution in [-0.2, 0) is 4.43 Å². The molecule has 0 aromatic carbocycles. The Morgan fingerprint density at radius 1 is 1.36 bits per heavy atom. The van der Waals surface area contributed by atoms with Gasteiger partial charge in [0, 0.05) is 6.42 Å². The van der Waals surface area contributed by atoms with E-state index in [1.54, 1.807) is 0 Å². The monoisotopic (exact) mass is 172 g/mol. The van der Waals surface area contributed by atoms with Crippen molar-refractivity contribution in [1.82, 2.24) is 0 Å². The van der Waals surface area contributed by atoms with Crippen LogP contribution < -0.4 is 0 Å². The molecule has 64 valence electrons. The Morgan fingerprint density at radius 3 is 2.36 bits per heavy atom. The largest absolute Gasteiger partial charge is 0.411 e. The third-order valence-corrected chi connectivity index (χ3v) is 2.54. The number of hydrogen-bond acceptors (Lipinski definition) is 2. The average Bonchev–Trinajstić information content (AvgIpc) is 2.10. The van der Waals surface area contributed by atoms with Crippen LogP contribution >= 0.6 is 0 Å². The van der Waals surface area contributed by atoms with Gasteiger partial charge in [-0.15, -0.1) is 0 Å². The summed E-state index contributed by atoms with van der Waals surface area (Å²) in [6.45, 7) is 6.47. The van der Waals surface area contributed by atoms with Gasteiger partial charge in [-0.1, -0.05) is 12.2 Å². The van der Waals surface area contributed by atoms with Gasteiger partial charge in [-0.3, -0.25) is 0 Å². The van der Waals surface area contributed by atoms with Gasteiger partial charge in [0.25, 0.3) is 0 Å². The first-order valence-corrected chi connectivity index (χ1v) is 7.42. The Kier molecular flexibility index (Phi) is 2.52. The minimum absolute atomic E-state index is 0.164. The molecule has 0 saturated carbocycles. The lowest BCUT2D eigenvalue weighted by Crippen LogP contribution is -2.30. The molecule has 1 aliphatic carbocycles. The first-order chi connectivity index (χ1) is 4.97. The molecule has 0 amide bonds. The maximum Gasteiger partial charge on any atom is 0.184 e. The Bertz CT molecular complexity index is 160. The molecule has 0 aromatic rings. The standard InChI is InChI=1S/C8H16O2Si/c1-11(2,3)10-8-5-4-7(9)6-8/h4-5,7-9H,6H2,1-3H3/t7-,8+/m0/s1. The van der Waals surface area contributed by atoms with Crippen molar-refractivity contribution >= 4 is 8.32 Å². The molecular formula is C8H16O2Si. The molecule has 0 unspecified atom stereocenters. The number of aliphatic hydroxyl groups excluding tert-OH is 1. The lowest BCUT2D eigenvalue weighted by molar-refractivity contribution is 0.161. The van der Waals surface area contributed by atoms with Gasteiger partial charge in [0.15, 0.2) is 8.32 Å². The second-order valence-electron chi connectivity index (χ2n) is 3.96. The lowest BCUT2D eigenvalue weighted by atomic mass is 10.3. The molecule has 11 heavy (non-hydrogen) atoms. The van der Waals surface area contributed by atoms with Crippen LogP contribution in [0.4, 0.5) is 0 Å². The second kappa shape index (κ2) is 3.09. The first kappa shape index (κ1) is 8.97. The summed E-state index contributed by atoms with van der Waals surface area (Å²) in [5, 5.41) is 9.15. The molecule has 1 N–H and O–H groups in total. The lowest BCUT2D eigenvalue weighted by Gasteiger charge is -2.22. The second-order valence-corrected chi connectivity index (χ2v) is 8.42. The SMILES string of the molecule is C[Si](C)(C)O[C@@H]1C=C[C@H](O)C1. The fourth-order valence-corrected chi connectivity index (χ4v) is 2.27. The zero-order valence-corrected chi connectivity index (χ0v) is 8.37. The van der Waals surface area contributed by atoms with Gasteiger partial charge in [-0.25, -0.2) is 0 Å². The van der Waals surface area contributed by atoms with Gasteiger partial charge in [-0.05, 0) is 19.6 Å². The van der Waals surface area contributed by atoms with Crippen LogP contribution in [0.5, 0.6) is 0 Å². The van der Waals surface area contributed by atoms with Crippen LogP contribution in [0.1, 0.15) is 6.42 Å². The van der Waals surface area contributed by atoms with Gasteiger partial charge in [-0.2, -0.15) is 0 Å². The Balaban J connectivity index is 2.36. The smallest absolute Gasteiger partial charge is 0.184 e. The van der Waals surface area contributed by atoms with Crippen molar-refractivity contribution in [2.45, 2.75) is 38.3 Å². The summed E-state index contributed by atoms with van der Waals surface area (Å²) in [6.07, 6.45) is 4.39. The van der Waals surface area contributed by atoms with Crippen molar-refractivity contribution in [2.75, 3.05) is 0 Å². The van der Waals surface area contributed by atoms with E-state index in [0.717, 1.165) is 6.42 Å². The van der Waals surface area contributed by atoms with Crippen molar-refractivity contribution in [2.24, 2.45) is 0 Å². The molecule has 3 heteroatoms. The maximum atomic E-state index is 9.15. The molecule has 2 nitrogen and oxygen atoms in total. The minimum atomic E-state index is -1.41. The molecule has 0 fully saturated rings. The van der Waals surface area contributed by atoms with E-state index < -0.39 is 8.32 Å². The summed E-state index contributed by atoms with van der Waals surface area (Å²) in [6, 6.07) is 0. The van der Waals surface area contributed by atoms with Gasteiger partial charge >= 0.3 is 0 Å². The zero-order valence-electron chi connectivity index (χ0n) is 7.37. The van der Waals surface area contributed by atoms with Crippen molar-refractivity contribution < 1.29 is 9.53 Å². The summed E-state index contributed by atoms with van der Waals surface area (Å²) in [5.74, 6) is 0. The summed E-state index contributed by atoms with van der Waals surface area (Å²) in [5.41, 5.74) is 0. The number of rotatable bonds is 2. The molecule has 0 aromatic heterocycles. The summed E-state index contributed by atoms with van der Waals surface area (Å²) >= 11 is 0. The third-order valence-electron chi connectivity index (χ3n) is 1.53. The summed E-state index contributed by atoms with van der Waals surface area (Å²) < 4.78 is 5.76. The van der Waals surface area contributed by atoms with E-state index in [2.05, 4.69) is 19.6 Å². The van der Waals surface area contributed by atoms with Crippen LogP contribution in [-0.4, -0.2) is 25.6 Å². The molecular weight excluding hydrogens is 156 g/mol. The first-order valence-electron chi connectivity index (χ1n) is 4.01. The topological polar surface area (TPSA) is 29.5 Å². The maximum absolute atomic E-state index is 9.15. The van der Waals surface area contributed by atoms with Crippen LogP contribution in [0.15, 0.2) is 12.2 Å². The van der Waals surface area contributed by atoms with Gasteiger partial charge in [0.1, 0.15) is 0 Å². The predicted molar refractivity (Wildman–Crippen MR) is 48.0 cm³/mol. The van der Waals surface area contributed by atoms with Crippen LogP contribution in [0.2, 0.25) is 19.6 Å². The molecule has 0 radical (unpaired) electrons. The highest BCUT2D eigenvalue weighted by Crippen LogP contribution is 2.18. The van der Waals surface area contributed by atoms with E-state index in [4.69, 9.17) is 9.53 Å². The summed E-state index contributed by atoms with van der Waals surface area (Å²) in [4.78, 5) is 0. The highest BCUT2D eigenvalue weighted by Gasteiger charge is 2.23. The Labute approximate surface area is 69.0 Å². The van der Waals surface area contributed by atoms with Gasteiger partial charge in [0.2, 0.25) is 0 Å². The van der Waals surface area contributed by atoms with Crippen LogP contribution in [0.25, 0.3) is 0 Å². The highest BCUT2D eigenvalue weighted by atomic mass is 28.4. The molecule has 0 heterocycles. The zero-order chi connectivity index (χ0) is 8.48. The van der Waals surface area contributed by atoms with Gasteiger partial charge < -0.3 is 9.53 Å². The molecule has 2 atom stereocenters. The number of aliphatic hydroxyl groups is 1. The minimum Gasteiger partial charge on any atom is -0.411 e. The van der Waals surface area contributed by atoms with Crippen molar-refractivity contribution in [3.63, 3.8) is 0 Å². The molecule has 0 bridgehead atoms. The van der Waals surface area contributed by atoms with Gasteiger partial charge in [0.05, 0.1) is 12.2 Å². The van der Waals surface area contributed by atoms with Crippen molar-refractivity contribution in [1.29, 1.82) is 0 Å². The molecule has 0 spiro atoms. The van der Waals surface area contributed by atoms with E-state index in [0.29, 0.717) is 0 Å². The highest BCUT2D eigenvalue weighted by molar-refractivity contribution is 6.69.